The Morgan fingerprint density at radius 2 is 1.39 bits per heavy atom. The van der Waals surface area contributed by atoms with E-state index >= 15 is 0 Å². The predicted octanol–water partition coefficient (Wildman–Crippen LogP) is 10.5. The van der Waals surface area contributed by atoms with Crippen molar-refractivity contribution in [2.45, 2.75) is 20.8 Å². The number of methoxy groups -OCH3 is 1. The van der Waals surface area contributed by atoms with E-state index in [1.807, 2.05) is 13.8 Å². The van der Waals surface area contributed by atoms with Crippen molar-refractivity contribution in [3.8, 4) is 29.0 Å². The van der Waals surface area contributed by atoms with Crippen LogP contribution in [0.15, 0.2) is 158 Å². The summed E-state index contributed by atoms with van der Waals surface area (Å²) in [5.74, 6) is 1.14. The first kappa shape index (κ1) is 39.7. The molecular formula is C38H39N3O8P2. The van der Waals surface area contributed by atoms with E-state index in [1.165, 1.54) is 25.5 Å². The lowest BCUT2D eigenvalue weighted by molar-refractivity contribution is 0.103. The highest BCUT2D eigenvalue weighted by Crippen LogP contribution is 2.48. The highest BCUT2D eigenvalue weighted by atomic mass is 31.2. The summed E-state index contributed by atoms with van der Waals surface area (Å²) < 4.78 is 41.7. The zero-order valence-electron chi connectivity index (χ0n) is 28.7. The molecule has 2 aromatic heterocycles. The van der Waals surface area contributed by atoms with E-state index in [4.69, 9.17) is 31.9 Å². The molecule has 0 aliphatic carbocycles. The number of benzene rings is 2. The van der Waals surface area contributed by atoms with E-state index in [0.29, 0.717) is 5.75 Å². The molecule has 0 aliphatic heterocycles. The molecule has 51 heavy (non-hydrogen) atoms. The first-order valence-corrected chi connectivity index (χ1v) is 17.7. The number of carbonyl (C=O) groups is 1. The first-order chi connectivity index (χ1) is 24.9. The topological polar surface area (TPSA) is 120 Å². The molecule has 0 amide bonds. The zero-order chi connectivity index (χ0) is 36.8. The number of allylic oxidation sites excluding steroid dienone is 5. The minimum absolute atomic E-state index is 0.0981. The molecule has 11 nitrogen and oxygen atoms in total. The lowest BCUT2D eigenvalue weighted by Crippen LogP contribution is -2.09. The molecule has 0 bridgehead atoms. The van der Waals surface area contributed by atoms with Crippen molar-refractivity contribution in [1.82, 2.24) is 9.97 Å². The van der Waals surface area contributed by atoms with E-state index < -0.39 is 23.0 Å². The average Bonchev–Trinajstić information content (AvgIpc) is 3.15. The van der Waals surface area contributed by atoms with Gasteiger partial charge in [-0.25, -0.2) is 15.0 Å². The Hall–Kier alpha value is -5.76. The van der Waals surface area contributed by atoms with Gasteiger partial charge in [-0.1, -0.05) is 76.1 Å². The molecule has 0 saturated carbocycles. The van der Waals surface area contributed by atoms with Crippen LogP contribution in [0.5, 0.6) is 29.0 Å². The summed E-state index contributed by atoms with van der Waals surface area (Å²) in [5, 5.41) is 0. The maximum absolute atomic E-state index is 14.3. The molecule has 0 saturated heterocycles. The summed E-state index contributed by atoms with van der Waals surface area (Å²) in [7, 11) is -2.95. The van der Waals surface area contributed by atoms with Crippen molar-refractivity contribution in [3.63, 3.8) is 0 Å². The SMILES string of the molecule is C=C/C=C\C(=C)OP(OC(=C/C=C)/N=C\C)Oc1cc(OC)ccc1C(=O)c1ccccc1OP(Oc1ccccn1)Oc1ccccn1.CC. The largest absolute Gasteiger partial charge is 0.532 e. The van der Waals surface area contributed by atoms with Crippen LogP contribution < -0.4 is 22.8 Å². The molecule has 0 aliphatic rings. The minimum atomic E-state index is -2.27. The molecule has 1 atom stereocenters. The van der Waals surface area contributed by atoms with Crippen molar-refractivity contribution in [2.24, 2.45) is 4.99 Å². The molecule has 13 heteroatoms. The standard InChI is InChI=1S/C36H33N3O8P2.C2H6/c1-6-9-17-27(4)42-48(45-33(16-7-2)37-8-3)44-32-26-28(41-5)22-23-30(32)36(40)29-18-10-11-19-31(29)43-49(46-34-20-12-14-24-38-34)47-35-21-13-15-25-39-35;1-2/h6-26H,1-2,4H2,3,5H3;1-2H3/b17-9-,33-16+,37-8-;. The van der Waals surface area contributed by atoms with Crippen LogP contribution in [0.4, 0.5) is 0 Å². The fourth-order valence-electron chi connectivity index (χ4n) is 3.70. The van der Waals surface area contributed by atoms with Gasteiger partial charge >= 0.3 is 17.2 Å². The van der Waals surface area contributed by atoms with Gasteiger partial charge < -0.3 is 31.9 Å². The van der Waals surface area contributed by atoms with E-state index in [9.17, 15) is 4.79 Å². The summed E-state index contributed by atoms with van der Waals surface area (Å²) in [6.45, 7) is 17.0. The molecule has 1 unspecified atom stereocenters. The Kier molecular flexibility index (Phi) is 17.2. The number of aromatic nitrogens is 2. The van der Waals surface area contributed by atoms with Crippen LogP contribution in [0.1, 0.15) is 36.7 Å². The number of hydrogen-bond donors (Lipinski definition) is 0. The Balaban J connectivity index is 0.00000345. The average molecular weight is 728 g/mol. The number of hydrogen-bond acceptors (Lipinski definition) is 11. The number of ketones is 1. The van der Waals surface area contributed by atoms with E-state index in [-0.39, 0.29) is 46.0 Å². The molecule has 4 rings (SSSR count). The summed E-state index contributed by atoms with van der Waals surface area (Å²) in [5.41, 5.74) is 0.337. The predicted molar refractivity (Wildman–Crippen MR) is 202 cm³/mol. The molecule has 0 spiro atoms. The van der Waals surface area contributed by atoms with Gasteiger partial charge in [0.25, 0.3) is 0 Å². The van der Waals surface area contributed by atoms with Crippen LogP contribution in [0, 0.1) is 0 Å². The fourth-order valence-corrected chi connectivity index (χ4v) is 5.59. The maximum Gasteiger partial charge on any atom is 0.532 e. The summed E-state index contributed by atoms with van der Waals surface area (Å²) in [6.07, 6.45) is 12.5. The van der Waals surface area contributed by atoms with E-state index in [0.717, 1.165) is 0 Å². The van der Waals surface area contributed by atoms with Crippen molar-refractivity contribution >= 4 is 29.2 Å². The first-order valence-electron chi connectivity index (χ1n) is 15.5. The van der Waals surface area contributed by atoms with Crippen molar-refractivity contribution in [3.05, 3.63) is 164 Å². The Morgan fingerprint density at radius 1 is 0.765 bits per heavy atom. The second-order valence-corrected chi connectivity index (χ2v) is 11.2. The lowest BCUT2D eigenvalue weighted by Gasteiger charge is -2.20. The van der Waals surface area contributed by atoms with Gasteiger partial charge in [-0.05, 0) is 49.4 Å². The third-order valence-electron chi connectivity index (χ3n) is 5.82. The molecule has 2 heterocycles. The number of rotatable bonds is 19. The van der Waals surface area contributed by atoms with Crippen LogP contribution in [-0.4, -0.2) is 29.1 Å². The number of ether oxygens (including phenoxy) is 1. The Bertz CT molecular complexity index is 1780. The van der Waals surface area contributed by atoms with Gasteiger partial charge in [0, 0.05) is 42.9 Å². The molecule has 0 fully saturated rings. The van der Waals surface area contributed by atoms with Gasteiger partial charge in [0.05, 0.1) is 18.2 Å². The number of nitrogens with zero attached hydrogens (tertiary/aromatic N) is 3. The zero-order valence-corrected chi connectivity index (χ0v) is 30.5. The second kappa shape index (κ2) is 22.1. The third kappa shape index (κ3) is 12.9. The van der Waals surface area contributed by atoms with Gasteiger partial charge in [-0.15, -0.1) is 0 Å². The third-order valence-corrected chi connectivity index (χ3v) is 7.90. The fraction of sp³-hybridized carbons (Fsp3) is 0.105. The number of aliphatic imine (C=N–C) groups is 1. The Morgan fingerprint density at radius 3 is 1.98 bits per heavy atom. The maximum atomic E-state index is 14.3. The molecule has 264 valence electrons. The van der Waals surface area contributed by atoms with Crippen LogP contribution in [-0.2, 0) is 9.05 Å². The van der Waals surface area contributed by atoms with Crippen molar-refractivity contribution < 1.29 is 36.7 Å². The molecule has 0 radical (unpaired) electrons. The second-order valence-electron chi connectivity index (χ2n) is 9.21. The number of carbonyl (C=O) groups excluding carboxylic acids is 1. The molecule has 2 aromatic carbocycles. The van der Waals surface area contributed by atoms with Gasteiger partial charge in [0.1, 0.15) is 23.0 Å². The summed E-state index contributed by atoms with van der Waals surface area (Å²) in [6, 6.07) is 21.7. The van der Waals surface area contributed by atoms with E-state index in [1.54, 1.807) is 116 Å². The van der Waals surface area contributed by atoms with Crippen LogP contribution in [0.25, 0.3) is 0 Å². The van der Waals surface area contributed by atoms with Gasteiger partial charge in [-0.3, -0.25) is 4.79 Å². The molecule has 0 N–H and O–H groups in total. The van der Waals surface area contributed by atoms with E-state index in [2.05, 4.69) is 34.7 Å². The van der Waals surface area contributed by atoms with Crippen LogP contribution >= 0.6 is 17.2 Å². The van der Waals surface area contributed by atoms with Crippen molar-refractivity contribution in [1.29, 1.82) is 0 Å². The summed E-state index contributed by atoms with van der Waals surface area (Å²) in [4.78, 5) is 26.9. The normalized spacial score (nSPS) is 11.5. The molecule has 4 aromatic rings. The molecular weight excluding hydrogens is 688 g/mol. The Labute approximate surface area is 301 Å². The highest BCUT2D eigenvalue weighted by molar-refractivity contribution is 7.43. The quantitative estimate of drug-likeness (QED) is 0.0303. The monoisotopic (exact) mass is 727 g/mol. The number of para-hydroxylation sites is 1. The smallest absolute Gasteiger partial charge is 0.497 e. The minimum Gasteiger partial charge on any atom is -0.497 e. The lowest BCUT2D eigenvalue weighted by atomic mass is 10.0. The summed E-state index contributed by atoms with van der Waals surface area (Å²) >= 11 is 0. The van der Waals surface area contributed by atoms with Crippen LogP contribution in [0.3, 0.4) is 0 Å². The van der Waals surface area contributed by atoms with Crippen LogP contribution in [0.2, 0.25) is 0 Å². The van der Waals surface area contributed by atoms with Gasteiger partial charge in [0.2, 0.25) is 23.4 Å². The number of pyridine rings is 2. The van der Waals surface area contributed by atoms with Gasteiger partial charge in [0.15, 0.2) is 0 Å². The van der Waals surface area contributed by atoms with Gasteiger partial charge in [-0.2, -0.15) is 0 Å². The van der Waals surface area contributed by atoms with Crippen molar-refractivity contribution in [2.75, 3.05) is 7.11 Å². The highest BCUT2D eigenvalue weighted by Gasteiger charge is 2.28.